The number of hydrogen-bond acceptors (Lipinski definition) is 3. The maximum Gasteiger partial charge on any atom is 0.387 e. The van der Waals surface area contributed by atoms with Gasteiger partial charge in [0.15, 0.2) is 5.78 Å². The molecule has 4 aliphatic rings. The van der Waals surface area contributed by atoms with Crippen molar-refractivity contribution in [2.24, 2.45) is 28.6 Å². The average molecular weight is 443 g/mol. The summed E-state index contributed by atoms with van der Waals surface area (Å²) in [4.78, 5) is 13.5. The lowest BCUT2D eigenvalue weighted by atomic mass is 9.48. The Kier molecular flexibility index (Phi) is 5.31. The van der Waals surface area contributed by atoms with Crippen LogP contribution in [-0.4, -0.2) is 23.6 Å². The van der Waals surface area contributed by atoms with Gasteiger partial charge in [0.2, 0.25) is 0 Å². The molecule has 0 radical (unpaired) electrons. The molecule has 0 saturated heterocycles. The Morgan fingerprint density at radius 2 is 1.78 bits per heavy atom. The van der Waals surface area contributed by atoms with Crippen molar-refractivity contribution in [2.75, 3.05) is 0 Å². The molecule has 5 rings (SSSR count). The highest BCUT2D eigenvalue weighted by molar-refractivity contribution is 6.05. The summed E-state index contributed by atoms with van der Waals surface area (Å²) in [5, 5.41) is 10.2. The van der Waals surface area contributed by atoms with Crippen molar-refractivity contribution in [1.82, 2.24) is 0 Å². The third kappa shape index (κ3) is 3.44. The smallest absolute Gasteiger partial charge is 0.387 e. The van der Waals surface area contributed by atoms with E-state index in [2.05, 4.69) is 24.7 Å². The van der Waals surface area contributed by atoms with E-state index in [0.717, 1.165) is 56.1 Å². The second kappa shape index (κ2) is 7.79. The summed E-state index contributed by atoms with van der Waals surface area (Å²) in [7, 11) is 0. The second-order valence-corrected chi connectivity index (χ2v) is 10.8. The molecule has 4 aliphatic carbocycles. The van der Waals surface area contributed by atoms with Crippen LogP contribution < -0.4 is 4.74 Å². The number of aliphatic hydroxyl groups is 1. The van der Waals surface area contributed by atoms with Crippen LogP contribution in [0.25, 0.3) is 6.08 Å². The van der Waals surface area contributed by atoms with E-state index in [9.17, 15) is 18.7 Å². The van der Waals surface area contributed by atoms with Gasteiger partial charge in [-0.25, -0.2) is 0 Å². The molecular weight excluding hydrogens is 410 g/mol. The number of allylic oxidation sites excluding steroid dienone is 2. The molecular formula is C27H32F2O3. The summed E-state index contributed by atoms with van der Waals surface area (Å²) in [5.74, 6) is 1.79. The quantitative estimate of drug-likeness (QED) is 0.450. The number of alkyl halides is 2. The Morgan fingerprint density at radius 1 is 1.06 bits per heavy atom. The second-order valence-electron chi connectivity index (χ2n) is 10.8. The van der Waals surface area contributed by atoms with Gasteiger partial charge in [-0.2, -0.15) is 8.78 Å². The number of carbonyl (C=O) groups excluding carboxylic acids is 1. The van der Waals surface area contributed by atoms with Crippen molar-refractivity contribution < 1.29 is 23.4 Å². The van der Waals surface area contributed by atoms with E-state index < -0.39 is 6.61 Å². The maximum atomic E-state index is 13.5. The largest absolute Gasteiger partial charge is 0.435 e. The lowest BCUT2D eigenvalue weighted by Crippen LogP contribution is -2.50. The maximum absolute atomic E-state index is 13.5. The number of ether oxygens (including phenoxy) is 1. The predicted octanol–water partition coefficient (Wildman–Crippen LogP) is 6.17. The molecule has 32 heavy (non-hydrogen) atoms. The SMILES string of the molecule is C[C@]12CC[C@H](O)CC1=CC[C@@H]1[C@@H]2CC[C@]2(C)C(=O)/C(=C/c3ccc(OC(F)F)cc3)C[C@@H]12. The van der Waals surface area contributed by atoms with E-state index in [1.165, 1.54) is 17.7 Å². The molecule has 172 valence electrons. The van der Waals surface area contributed by atoms with Gasteiger partial charge in [0.25, 0.3) is 0 Å². The predicted molar refractivity (Wildman–Crippen MR) is 119 cm³/mol. The minimum Gasteiger partial charge on any atom is -0.435 e. The molecule has 0 spiro atoms. The van der Waals surface area contributed by atoms with Gasteiger partial charge in [-0.1, -0.05) is 37.6 Å². The summed E-state index contributed by atoms with van der Waals surface area (Å²) in [6.45, 7) is 1.70. The van der Waals surface area contributed by atoms with Gasteiger partial charge in [-0.05, 0) is 97.5 Å². The molecule has 1 aromatic rings. The van der Waals surface area contributed by atoms with E-state index in [-0.39, 0.29) is 28.5 Å². The normalized spacial score (nSPS) is 40.0. The monoisotopic (exact) mass is 442 g/mol. The Morgan fingerprint density at radius 3 is 2.50 bits per heavy atom. The van der Waals surface area contributed by atoms with E-state index in [1.54, 1.807) is 12.1 Å². The number of Topliss-reactive ketones (excluding diaryl/α,β-unsaturated/α-hetero) is 1. The highest BCUT2D eigenvalue weighted by Gasteiger charge is 2.59. The van der Waals surface area contributed by atoms with E-state index in [1.807, 2.05) is 6.08 Å². The highest BCUT2D eigenvalue weighted by atomic mass is 19.3. The molecule has 1 N–H and O–H groups in total. The van der Waals surface area contributed by atoms with Gasteiger partial charge >= 0.3 is 6.61 Å². The molecule has 0 unspecified atom stereocenters. The Hall–Kier alpha value is -2.01. The minimum absolute atomic E-state index is 0.124. The molecule has 3 nitrogen and oxygen atoms in total. The fourth-order valence-corrected chi connectivity index (χ4v) is 7.39. The molecule has 0 bridgehead atoms. The van der Waals surface area contributed by atoms with Crippen LogP contribution in [-0.2, 0) is 4.79 Å². The lowest BCUT2D eigenvalue weighted by Gasteiger charge is -2.56. The highest BCUT2D eigenvalue weighted by Crippen LogP contribution is 2.64. The zero-order chi connectivity index (χ0) is 22.7. The van der Waals surface area contributed by atoms with Gasteiger partial charge in [0.05, 0.1) is 6.10 Å². The molecule has 5 heteroatoms. The van der Waals surface area contributed by atoms with Crippen LogP contribution in [0.15, 0.2) is 41.5 Å². The van der Waals surface area contributed by atoms with Gasteiger partial charge in [-0.15, -0.1) is 0 Å². The number of ketones is 1. The number of benzene rings is 1. The summed E-state index contributed by atoms with van der Waals surface area (Å²) >= 11 is 0. The molecule has 0 heterocycles. The van der Waals surface area contributed by atoms with Gasteiger partial charge in [0.1, 0.15) is 5.75 Å². The van der Waals surface area contributed by atoms with Crippen molar-refractivity contribution in [2.45, 2.75) is 71.5 Å². The van der Waals surface area contributed by atoms with E-state index in [0.29, 0.717) is 17.8 Å². The van der Waals surface area contributed by atoms with Crippen LogP contribution in [0.4, 0.5) is 8.78 Å². The molecule has 0 aliphatic heterocycles. The van der Waals surface area contributed by atoms with E-state index >= 15 is 0 Å². The zero-order valence-corrected chi connectivity index (χ0v) is 18.8. The number of rotatable bonds is 3. The van der Waals surface area contributed by atoms with Crippen molar-refractivity contribution in [3.8, 4) is 5.75 Å². The van der Waals surface area contributed by atoms with Gasteiger partial charge < -0.3 is 9.84 Å². The molecule has 1 aromatic carbocycles. The van der Waals surface area contributed by atoms with Crippen molar-refractivity contribution in [3.63, 3.8) is 0 Å². The summed E-state index contributed by atoms with van der Waals surface area (Å²) in [5.41, 5.74) is 2.97. The van der Waals surface area contributed by atoms with Crippen LogP contribution in [0.3, 0.4) is 0 Å². The lowest BCUT2D eigenvalue weighted by molar-refractivity contribution is -0.130. The molecule has 3 saturated carbocycles. The van der Waals surface area contributed by atoms with Crippen molar-refractivity contribution >= 4 is 11.9 Å². The zero-order valence-electron chi connectivity index (χ0n) is 18.8. The number of aliphatic hydroxyl groups excluding tert-OH is 1. The Labute approximate surface area is 188 Å². The Balaban J connectivity index is 1.41. The number of carbonyl (C=O) groups is 1. The van der Waals surface area contributed by atoms with E-state index in [4.69, 9.17) is 0 Å². The third-order valence-electron chi connectivity index (χ3n) is 9.16. The summed E-state index contributed by atoms with van der Waals surface area (Å²) < 4.78 is 29.2. The van der Waals surface area contributed by atoms with Crippen molar-refractivity contribution in [3.05, 3.63) is 47.1 Å². The fourth-order valence-electron chi connectivity index (χ4n) is 7.39. The minimum atomic E-state index is -2.84. The first-order valence-electron chi connectivity index (χ1n) is 11.9. The molecule has 3 fully saturated rings. The van der Waals surface area contributed by atoms with Crippen LogP contribution in [0.2, 0.25) is 0 Å². The topological polar surface area (TPSA) is 46.5 Å². The Bertz CT molecular complexity index is 966. The average Bonchev–Trinajstić information content (AvgIpc) is 3.00. The van der Waals surface area contributed by atoms with Crippen LogP contribution in [0, 0.1) is 28.6 Å². The number of halogens is 2. The molecule has 6 atom stereocenters. The molecule has 0 aromatic heterocycles. The summed E-state index contributed by atoms with van der Waals surface area (Å²) in [6, 6.07) is 6.51. The first-order chi connectivity index (χ1) is 15.2. The number of fused-ring (bicyclic) bond motifs is 5. The van der Waals surface area contributed by atoms with Crippen LogP contribution in [0.5, 0.6) is 5.75 Å². The van der Waals surface area contributed by atoms with Gasteiger partial charge in [0, 0.05) is 5.41 Å². The summed E-state index contributed by atoms with van der Waals surface area (Å²) in [6.07, 6.45) is 10.6. The van der Waals surface area contributed by atoms with Gasteiger partial charge in [-0.3, -0.25) is 4.79 Å². The first kappa shape index (κ1) is 21.8. The molecule has 0 amide bonds. The number of hydrogen-bond donors (Lipinski definition) is 1. The standard InChI is InChI=1S/C27H32F2O3/c1-26-11-9-19(30)15-18(26)5-8-21-22(26)10-12-27(2)23(21)14-17(24(27)31)13-16-3-6-20(7-4-16)32-25(28)29/h3-7,13,19,21-23,25,30H,8-12,14-15H2,1-2H3/b17-13+/t19-,21+,22-,23-,26-,27-/m0/s1. The van der Waals surface area contributed by atoms with Crippen LogP contribution >= 0.6 is 0 Å². The third-order valence-corrected chi connectivity index (χ3v) is 9.16. The fraction of sp³-hybridized carbons (Fsp3) is 0.593. The van der Waals surface area contributed by atoms with Crippen LogP contribution in [0.1, 0.15) is 64.4 Å². The van der Waals surface area contributed by atoms with Crippen molar-refractivity contribution in [1.29, 1.82) is 0 Å². The first-order valence-corrected chi connectivity index (χ1v) is 11.9.